The Morgan fingerprint density at radius 1 is 1.22 bits per heavy atom. The maximum atomic E-state index is 11.2. The van der Waals surface area contributed by atoms with Crippen LogP contribution in [0.5, 0.6) is 5.75 Å². The van der Waals surface area contributed by atoms with Crippen molar-refractivity contribution in [2.75, 3.05) is 19.7 Å². The Hall–Kier alpha value is -1.55. The predicted molar refractivity (Wildman–Crippen MR) is 72.7 cm³/mol. The number of benzene rings is 1. The highest BCUT2D eigenvalue weighted by molar-refractivity contribution is 5.77. The molecule has 1 amide bonds. The highest BCUT2D eigenvalue weighted by Gasteiger charge is 2.04. The van der Waals surface area contributed by atoms with Crippen LogP contribution in [-0.2, 0) is 4.79 Å². The number of carbonyl (C=O) groups is 1. The zero-order chi connectivity index (χ0) is 13.4. The Balaban J connectivity index is 2.47. The second kappa shape index (κ2) is 7.71. The van der Waals surface area contributed by atoms with Gasteiger partial charge in [-0.2, -0.15) is 0 Å². The molecular formula is C14H22N2O2. The van der Waals surface area contributed by atoms with E-state index in [0.29, 0.717) is 18.3 Å². The van der Waals surface area contributed by atoms with Gasteiger partial charge in [0, 0.05) is 12.6 Å². The Kier molecular flexibility index (Phi) is 6.22. The summed E-state index contributed by atoms with van der Waals surface area (Å²) < 4.78 is 5.38. The zero-order valence-corrected chi connectivity index (χ0v) is 11.3. The second-order valence-corrected chi connectivity index (χ2v) is 4.09. The Morgan fingerprint density at radius 3 is 2.44 bits per heavy atom. The summed E-state index contributed by atoms with van der Waals surface area (Å²) in [5.41, 5.74) is 1.21. The molecule has 1 aromatic carbocycles. The van der Waals surface area contributed by atoms with Crippen molar-refractivity contribution in [2.24, 2.45) is 0 Å². The lowest BCUT2D eigenvalue weighted by atomic mass is 10.1. The number of rotatable bonds is 7. The minimum Gasteiger partial charge on any atom is -0.484 e. The molecule has 0 aliphatic rings. The molecule has 0 heterocycles. The first-order chi connectivity index (χ1) is 8.67. The molecule has 1 aromatic rings. The fraction of sp³-hybridized carbons (Fsp3) is 0.500. The molecule has 2 N–H and O–H groups in total. The van der Waals surface area contributed by atoms with E-state index in [-0.39, 0.29) is 12.5 Å². The van der Waals surface area contributed by atoms with Crippen molar-refractivity contribution in [3.05, 3.63) is 29.8 Å². The molecular weight excluding hydrogens is 228 g/mol. The fourth-order valence-electron chi connectivity index (χ4n) is 1.67. The number of hydrogen-bond acceptors (Lipinski definition) is 3. The van der Waals surface area contributed by atoms with Crippen molar-refractivity contribution in [1.82, 2.24) is 10.6 Å². The highest BCUT2D eigenvalue weighted by Crippen LogP contribution is 2.17. The summed E-state index contributed by atoms with van der Waals surface area (Å²) in [6.07, 6.45) is 0. The van der Waals surface area contributed by atoms with Gasteiger partial charge in [0.05, 0.1) is 0 Å². The number of amides is 1. The van der Waals surface area contributed by atoms with Crippen LogP contribution in [0.15, 0.2) is 24.3 Å². The SMILES string of the molecule is CCNC(=O)COc1ccc(C(C)NCC)cc1. The highest BCUT2D eigenvalue weighted by atomic mass is 16.5. The third-order valence-corrected chi connectivity index (χ3v) is 2.63. The summed E-state index contributed by atoms with van der Waals surface area (Å²) in [6, 6.07) is 8.14. The Labute approximate surface area is 109 Å². The number of ether oxygens (including phenoxy) is 1. The summed E-state index contributed by atoms with van der Waals surface area (Å²) in [7, 11) is 0. The van der Waals surface area contributed by atoms with Gasteiger partial charge < -0.3 is 15.4 Å². The molecule has 18 heavy (non-hydrogen) atoms. The Bertz CT molecular complexity index is 363. The van der Waals surface area contributed by atoms with Crippen LogP contribution < -0.4 is 15.4 Å². The van der Waals surface area contributed by atoms with E-state index in [4.69, 9.17) is 4.74 Å². The summed E-state index contributed by atoms with van der Waals surface area (Å²) in [5, 5.41) is 6.03. The van der Waals surface area contributed by atoms with Gasteiger partial charge in [-0.25, -0.2) is 0 Å². The first-order valence-electron chi connectivity index (χ1n) is 6.40. The van der Waals surface area contributed by atoms with Crippen LogP contribution in [-0.4, -0.2) is 25.6 Å². The first-order valence-corrected chi connectivity index (χ1v) is 6.40. The van der Waals surface area contributed by atoms with Crippen LogP contribution >= 0.6 is 0 Å². The van der Waals surface area contributed by atoms with Crippen LogP contribution in [0.4, 0.5) is 0 Å². The molecule has 0 aliphatic carbocycles. The van der Waals surface area contributed by atoms with Crippen molar-refractivity contribution in [3.8, 4) is 5.75 Å². The van der Waals surface area contributed by atoms with Crippen LogP contribution in [0.2, 0.25) is 0 Å². The molecule has 0 saturated heterocycles. The molecule has 0 radical (unpaired) electrons. The van der Waals surface area contributed by atoms with Crippen LogP contribution in [0, 0.1) is 0 Å². The van der Waals surface area contributed by atoms with Gasteiger partial charge in [0.25, 0.3) is 5.91 Å². The van der Waals surface area contributed by atoms with Crippen molar-refractivity contribution in [1.29, 1.82) is 0 Å². The van der Waals surface area contributed by atoms with Gasteiger partial charge >= 0.3 is 0 Å². The molecule has 0 aliphatic heterocycles. The van der Waals surface area contributed by atoms with Gasteiger partial charge in [-0.3, -0.25) is 4.79 Å². The lowest BCUT2D eigenvalue weighted by Crippen LogP contribution is -2.28. The van der Waals surface area contributed by atoms with Gasteiger partial charge in [-0.1, -0.05) is 19.1 Å². The molecule has 1 rings (SSSR count). The summed E-state index contributed by atoms with van der Waals surface area (Å²) >= 11 is 0. The molecule has 1 atom stereocenters. The average Bonchev–Trinajstić information content (AvgIpc) is 2.37. The minimum absolute atomic E-state index is 0.0654. The smallest absolute Gasteiger partial charge is 0.257 e. The third-order valence-electron chi connectivity index (χ3n) is 2.63. The Morgan fingerprint density at radius 2 is 1.89 bits per heavy atom. The fourth-order valence-corrected chi connectivity index (χ4v) is 1.67. The standard InChI is InChI=1S/C14H22N2O2/c1-4-15-11(3)12-6-8-13(9-7-12)18-10-14(17)16-5-2/h6-9,11,15H,4-5,10H2,1-3H3,(H,16,17). The van der Waals surface area contributed by atoms with Gasteiger partial charge in [-0.05, 0) is 38.1 Å². The molecule has 0 aromatic heterocycles. The summed E-state index contributed by atoms with van der Waals surface area (Å²) in [5.74, 6) is 0.622. The summed E-state index contributed by atoms with van der Waals surface area (Å²) in [4.78, 5) is 11.2. The van der Waals surface area contributed by atoms with E-state index in [2.05, 4.69) is 24.5 Å². The monoisotopic (exact) mass is 250 g/mol. The number of carbonyl (C=O) groups excluding carboxylic acids is 1. The molecule has 4 heteroatoms. The lowest BCUT2D eigenvalue weighted by molar-refractivity contribution is -0.122. The number of likely N-dealkylation sites (N-methyl/N-ethyl adjacent to an activating group) is 1. The van der Waals surface area contributed by atoms with Crippen molar-refractivity contribution < 1.29 is 9.53 Å². The van der Waals surface area contributed by atoms with Crippen LogP contribution in [0.3, 0.4) is 0 Å². The zero-order valence-electron chi connectivity index (χ0n) is 11.3. The molecule has 0 bridgehead atoms. The van der Waals surface area contributed by atoms with E-state index in [1.54, 1.807) is 0 Å². The normalized spacial score (nSPS) is 11.9. The molecule has 4 nitrogen and oxygen atoms in total. The summed E-state index contributed by atoms with van der Waals surface area (Å²) in [6.45, 7) is 7.72. The van der Waals surface area contributed by atoms with Gasteiger partial charge in [0.15, 0.2) is 6.61 Å². The molecule has 0 spiro atoms. The second-order valence-electron chi connectivity index (χ2n) is 4.09. The largest absolute Gasteiger partial charge is 0.484 e. The van der Waals surface area contributed by atoms with E-state index in [1.165, 1.54) is 5.56 Å². The van der Waals surface area contributed by atoms with Crippen LogP contribution in [0.1, 0.15) is 32.4 Å². The van der Waals surface area contributed by atoms with Crippen molar-refractivity contribution >= 4 is 5.91 Å². The predicted octanol–water partition coefficient (Wildman–Crippen LogP) is 1.87. The van der Waals surface area contributed by atoms with Gasteiger partial charge in [-0.15, -0.1) is 0 Å². The molecule has 0 saturated carbocycles. The van der Waals surface area contributed by atoms with E-state index in [9.17, 15) is 4.79 Å². The minimum atomic E-state index is -0.0948. The lowest BCUT2D eigenvalue weighted by Gasteiger charge is -2.13. The van der Waals surface area contributed by atoms with E-state index in [0.717, 1.165) is 6.54 Å². The van der Waals surface area contributed by atoms with E-state index in [1.807, 2.05) is 31.2 Å². The third kappa shape index (κ3) is 4.75. The van der Waals surface area contributed by atoms with Crippen LogP contribution in [0.25, 0.3) is 0 Å². The number of hydrogen-bond donors (Lipinski definition) is 2. The average molecular weight is 250 g/mol. The number of nitrogens with one attached hydrogen (secondary N) is 2. The van der Waals surface area contributed by atoms with Gasteiger partial charge in [0.2, 0.25) is 0 Å². The molecule has 0 fully saturated rings. The molecule has 1 unspecified atom stereocenters. The van der Waals surface area contributed by atoms with Gasteiger partial charge in [0.1, 0.15) is 5.75 Å². The quantitative estimate of drug-likeness (QED) is 0.776. The van der Waals surface area contributed by atoms with Crippen molar-refractivity contribution in [3.63, 3.8) is 0 Å². The van der Waals surface area contributed by atoms with E-state index < -0.39 is 0 Å². The molecule has 100 valence electrons. The maximum absolute atomic E-state index is 11.2. The van der Waals surface area contributed by atoms with E-state index >= 15 is 0 Å². The van der Waals surface area contributed by atoms with Crippen molar-refractivity contribution in [2.45, 2.75) is 26.8 Å². The maximum Gasteiger partial charge on any atom is 0.257 e. The topological polar surface area (TPSA) is 50.4 Å². The first kappa shape index (κ1) is 14.5.